The third-order valence-corrected chi connectivity index (χ3v) is 4.38. The number of rotatable bonds is 8. The standard InChI is InChI=1S/C21H24N4O3/c1-3-4-6-13-22-20(26)18-17-8-5-7-14-25(17)19(24-18)21(27)23-15-9-11-16(28-2)12-10-15/h5,7-12,14H,3-4,6,13H2,1-2H3,(H,22,26)(H,23,27). The van der Waals surface area contributed by atoms with Crippen molar-refractivity contribution in [3.8, 4) is 5.75 Å². The molecule has 0 aliphatic heterocycles. The van der Waals surface area contributed by atoms with Crippen LogP contribution in [0.5, 0.6) is 5.75 Å². The molecule has 3 aromatic rings. The molecule has 3 rings (SSSR count). The summed E-state index contributed by atoms with van der Waals surface area (Å²) in [6.45, 7) is 2.70. The van der Waals surface area contributed by atoms with Gasteiger partial charge in [0.05, 0.1) is 12.6 Å². The van der Waals surface area contributed by atoms with Gasteiger partial charge in [0, 0.05) is 18.4 Å². The van der Waals surface area contributed by atoms with Crippen molar-refractivity contribution in [3.63, 3.8) is 0 Å². The van der Waals surface area contributed by atoms with E-state index in [1.54, 1.807) is 54.1 Å². The molecule has 2 N–H and O–H groups in total. The zero-order valence-electron chi connectivity index (χ0n) is 16.1. The number of pyridine rings is 1. The highest BCUT2D eigenvalue weighted by Gasteiger charge is 2.21. The second-order valence-electron chi connectivity index (χ2n) is 6.39. The summed E-state index contributed by atoms with van der Waals surface area (Å²) in [7, 11) is 1.58. The van der Waals surface area contributed by atoms with Gasteiger partial charge in [0.1, 0.15) is 5.75 Å². The molecular formula is C21H24N4O3. The number of nitrogens with one attached hydrogen (secondary N) is 2. The second-order valence-corrected chi connectivity index (χ2v) is 6.39. The van der Waals surface area contributed by atoms with Gasteiger partial charge in [-0.05, 0) is 42.8 Å². The molecule has 0 atom stereocenters. The van der Waals surface area contributed by atoms with Crippen LogP contribution < -0.4 is 15.4 Å². The summed E-state index contributed by atoms with van der Waals surface area (Å²) in [5.74, 6) is 0.191. The first-order valence-electron chi connectivity index (χ1n) is 9.34. The fourth-order valence-electron chi connectivity index (χ4n) is 2.89. The van der Waals surface area contributed by atoms with Gasteiger partial charge in [-0.2, -0.15) is 0 Å². The fourth-order valence-corrected chi connectivity index (χ4v) is 2.89. The summed E-state index contributed by atoms with van der Waals surface area (Å²) in [6.07, 6.45) is 4.77. The predicted octanol–water partition coefficient (Wildman–Crippen LogP) is 3.52. The number of fused-ring (bicyclic) bond motifs is 1. The Labute approximate surface area is 163 Å². The Hall–Kier alpha value is -3.35. The van der Waals surface area contributed by atoms with Gasteiger partial charge < -0.3 is 15.4 Å². The number of aromatic nitrogens is 2. The molecule has 0 saturated carbocycles. The summed E-state index contributed by atoms with van der Waals surface area (Å²) in [4.78, 5) is 29.6. The monoisotopic (exact) mass is 380 g/mol. The quantitative estimate of drug-likeness (QED) is 0.586. The van der Waals surface area contributed by atoms with Crippen LogP contribution in [-0.2, 0) is 0 Å². The van der Waals surface area contributed by atoms with Crippen molar-refractivity contribution in [1.82, 2.24) is 14.7 Å². The molecule has 1 aromatic carbocycles. The van der Waals surface area contributed by atoms with Crippen LogP contribution in [0.2, 0.25) is 0 Å². The summed E-state index contributed by atoms with van der Waals surface area (Å²) in [5.41, 5.74) is 1.46. The molecule has 0 radical (unpaired) electrons. The smallest absolute Gasteiger partial charge is 0.292 e. The highest BCUT2D eigenvalue weighted by Crippen LogP contribution is 2.18. The lowest BCUT2D eigenvalue weighted by Crippen LogP contribution is -2.25. The highest BCUT2D eigenvalue weighted by molar-refractivity contribution is 6.06. The van der Waals surface area contributed by atoms with Crippen LogP contribution in [0, 0.1) is 0 Å². The minimum Gasteiger partial charge on any atom is -0.497 e. The maximum atomic E-state index is 12.8. The number of hydrogen-bond donors (Lipinski definition) is 2. The molecule has 7 heteroatoms. The molecule has 2 aromatic heterocycles. The van der Waals surface area contributed by atoms with Gasteiger partial charge in [0.2, 0.25) is 5.82 Å². The van der Waals surface area contributed by atoms with Gasteiger partial charge in [-0.15, -0.1) is 0 Å². The van der Waals surface area contributed by atoms with E-state index in [-0.39, 0.29) is 17.4 Å². The zero-order valence-corrected chi connectivity index (χ0v) is 16.1. The Morgan fingerprint density at radius 2 is 1.86 bits per heavy atom. The molecule has 28 heavy (non-hydrogen) atoms. The number of anilines is 1. The van der Waals surface area contributed by atoms with Gasteiger partial charge in [0.25, 0.3) is 11.8 Å². The number of methoxy groups -OCH3 is 1. The Bertz CT molecular complexity index is 963. The normalized spacial score (nSPS) is 10.6. The van der Waals surface area contributed by atoms with Crippen LogP contribution in [0.4, 0.5) is 5.69 Å². The summed E-state index contributed by atoms with van der Waals surface area (Å²) in [5, 5.41) is 5.68. The number of nitrogens with zero attached hydrogens (tertiary/aromatic N) is 2. The van der Waals surface area contributed by atoms with Gasteiger partial charge >= 0.3 is 0 Å². The van der Waals surface area contributed by atoms with Gasteiger partial charge in [-0.1, -0.05) is 25.8 Å². The topological polar surface area (TPSA) is 84.7 Å². The molecule has 2 amide bonds. The number of unbranched alkanes of at least 4 members (excludes halogenated alkanes) is 2. The van der Waals surface area contributed by atoms with Crippen molar-refractivity contribution in [2.45, 2.75) is 26.2 Å². The highest BCUT2D eigenvalue weighted by atomic mass is 16.5. The van der Waals surface area contributed by atoms with E-state index < -0.39 is 5.91 Å². The SMILES string of the molecule is CCCCCNC(=O)c1nc(C(=O)Nc2ccc(OC)cc2)n2ccccc12. The van der Waals surface area contributed by atoms with E-state index in [0.717, 1.165) is 19.3 Å². The van der Waals surface area contributed by atoms with Gasteiger partial charge in [0.15, 0.2) is 5.69 Å². The largest absolute Gasteiger partial charge is 0.497 e. The van der Waals surface area contributed by atoms with Crippen molar-refractivity contribution < 1.29 is 14.3 Å². The lowest BCUT2D eigenvalue weighted by Gasteiger charge is -2.05. The third-order valence-electron chi connectivity index (χ3n) is 4.38. The second kappa shape index (κ2) is 9.03. The van der Waals surface area contributed by atoms with E-state index in [0.29, 0.717) is 23.5 Å². The van der Waals surface area contributed by atoms with Crippen molar-refractivity contribution in [2.24, 2.45) is 0 Å². The number of hydrogen-bond acceptors (Lipinski definition) is 4. The Morgan fingerprint density at radius 1 is 1.07 bits per heavy atom. The van der Waals surface area contributed by atoms with E-state index in [1.807, 2.05) is 6.07 Å². The minimum absolute atomic E-state index is 0.158. The average molecular weight is 380 g/mol. The maximum Gasteiger partial charge on any atom is 0.292 e. The van der Waals surface area contributed by atoms with Crippen molar-refractivity contribution in [3.05, 3.63) is 60.2 Å². The summed E-state index contributed by atoms with van der Waals surface area (Å²) < 4.78 is 6.74. The van der Waals surface area contributed by atoms with Crippen molar-refractivity contribution in [1.29, 1.82) is 0 Å². The molecule has 7 nitrogen and oxygen atoms in total. The molecule has 2 heterocycles. The third kappa shape index (κ3) is 4.31. The van der Waals surface area contributed by atoms with Crippen molar-refractivity contribution in [2.75, 3.05) is 19.0 Å². The first-order chi connectivity index (χ1) is 13.6. The first kappa shape index (κ1) is 19.4. The van der Waals surface area contributed by atoms with Crippen LogP contribution in [0.25, 0.3) is 5.52 Å². The van der Waals surface area contributed by atoms with Crippen LogP contribution in [-0.4, -0.2) is 34.9 Å². The number of imidazole rings is 1. The lowest BCUT2D eigenvalue weighted by atomic mass is 10.2. The van der Waals surface area contributed by atoms with Crippen molar-refractivity contribution >= 4 is 23.0 Å². The van der Waals surface area contributed by atoms with E-state index in [9.17, 15) is 9.59 Å². The predicted molar refractivity (Wildman–Crippen MR) is 108 cm³/mol. The number of carbonyl (C=O) groups excluding carboxylic acids is 2. The van der Waals surface area contributed by atoms with Gasteiger partial charge in [-0.25, -0.2) is 4.98 Å². The molecule has 0 bridgehead atoms. The van der Waals surface area contributed by atoms with Gasteiger partial charge in [-0.3, -0.25) is 14.0 Å². The molecule has 0 aliphatic carbocycles. The molecule has 0 spiro atoms. The van der Waals surface area contributed by atoms with E-state index in [4.69, 9.17) is 4.74 Å². The van der Waals surface area contributed by atoms with E-state index in [1.165, 1.54) is 0 Å². The van der Waals surface area contributed by atoms with E-state index in [2.05, 4.69) is 22.5 Å². The summed E-state index contributed by atoms with van der Waals surface area (Å²) in [6, 6.07) is 12.4. The number of benzene rings is 1. The number of ether oxygens (including phenoxy) is 1. The number of carbonyl (C=O) groups is 2. The molecule has 146 valence electrons. The summed E-state index contributed by atoms with van der Waals surface area (Å²) >= 11 is 0. The Balaban J connectivity index is 1.82. The van der Waals surface area contributed by atoms with Crippen LogP contribution in [0.3, 0.4) is 0 Å². The van der Waals surface area contributed by atoms with Crippen LogP contribution in [0.1, 0.15) is 47.3 Å². The average Bonchev–Trinajstić information content (AvgIpc) is 3.11. The lowest BCUT2D eigenvalue weighted by molar-refractivity contribution is 0.0950. The molecule has 0 aliphatic rings. The minimum atomic E-state index is -0.392. The molecule has 0 saturated heterocycles. The fraction of sp³-hybridized carbons (Fsp3) is 0.286. The molecule has 0 fully saturated rings. The van der Waals surface area contributed by atoms with Crippen LogP contribution in [0.15, 0.2) is 48.7 Å². The number of amides is 2. The molecule has 0 unspecified atom stereocenters. The Kier molecular flexibility index (Phi) is 6.26. The first-order valence-corrected chi connectivity index (χ1v) is 9.34. The van der Waals surface area contributed by atoms with E-state index >= 15 is 0 Å². The maximum absolute atomic E-state index is 12.8. The zero-order chi connectivity index (χ0) is 19.9. The Morgan fingerprint density at radius 3 is 2.57 bits per heavy atom. The van der Waals surface area contributed by atoms with Crippen LogP contribution >= 0.6 is 0 Å². The molecular weight excluding hydrogens is 356 g/mol.